The van der Waals surface area contributed by atoms with Gasteiger partial charge in [0.2, 0.25) is 0 Å². The molecule has 0 aromatic rings. The number of hydrogen-bond donors (Lipinski definition) is 0. The van der Waals surface area contributed by atoms with Crippen LogP contribution in [0, 0.1) is 70.0 Å². The zero-order valence-corrected chi connectivity index (χ0v) is 13.9. The lowest BCUT2D eigenvalue weighted by atomic mass is 9.50. The molecule has 0 amide bonds. The van der Waals surface area contributed by atoms with Crippen LogP contribution >= 0.6 is 0 Å². The Balaban J connectivity index is 1.42. The fourth-order valence-electron chi connectivity index (χ4n) is 8.19. The molecule has 2 nitrogen and oxygen atoms in total. The first-order chi connectivity index (χ1) is 11.1. The molecule has 10 atom stereocenters. The van der Waals surface area contributed by atoms with Gasteiger partial charge in [-0.1, -0.05) is 12.5 Å². The summed E-state index contributed by atoms with van der Waals surface area (Å²) in [5.41, 5.74) is 1.86. The third kappa shape index (κ3) is 1.44. The van der Waals surface area contributed by atoms with Crippen molar-refractivity contribution >= 4 is 5.78 Å². The Bertz CT molecular complexity index is 686. The van der Waals surface area contributed by atoms with Gasteiger partial charge in [0.25, 0.3) is 0 Å². The molecule has 0 unspecified atom stereocenters. The van der Waals surface area contributed by atoms with Crippen molar-refractivity contribution in [3.8, 4) is 6.07 Å². The highest BCUT2D eigenvalue weighted by Crippen LogP contribution is 2.77. The van der Waals surface area contributed by atoms with Gasteiger partial charge in [0.05, 0.1) is 12.0 Å². The van der Waals surface area contributed by atoms with Crippen molar-refractivity contribution in [2.24, 2.45) is 58.7 Å². The summed E-state index contributed by atoms with van der Waals surface area (Å²) in [5, 5.41) is 9.76. The molecule has 0 radical (unpaired) electrons. The van der Waals surface area contributed by atoms with Crippen LogP contribution in [0.1, 0.15) is 45.4 Å². The lowest BCUT2D eigenvalue weighted by molar-refractivity contribution is -0.116. The monoisotopic (exact) mass is 307 g/mol. The fourth-order valence-corrected chi connectivity index (χ4v) is 8.19. The number of rotatable bonds is 0. The van der Waals surface area contributed by atoms with Gasteiger partial charge in [-0.2, -0.15) is 5.26 Å². The molecule has 0 bridgehead atoms. The van der Waals surface area contributed by atoms with E-state index in [2.05, 4.69) is 19.1 Å². The number of fused-ring (bicyclic) bond motifs is 10. The van der Waals surface area contributed by atoms with Gasteiger partial charge in [-0.3, -0.25) is 4.79 Å². The van der Waals surface area contributed by atoms with E-state index in [4.69, 9.17) is 0 Å². The van der Waals surface area contributed by atoms with Crippen molar-refractivity contribution in [2.45, 2.75) is 45.4 Å². The number of allylic oxidation sites excluding steroid dienone is 1. The minimum atomic E-state index is 0.308. The summed E-state index contributed by atoms with van der Waals surface area (Å²) in [6.45, 7) is 2.46. The van der Waals surface area contributed by atoms with Crippen molar-refractivity contribution < 1.29 is 4.79 Å². The van der Waals surface area contributed by atoms with E-state index in [1.54, 1.807) is 5.57 Å². The van der Waals surface area contributed by atoms with Crippen LogP contribution in [0.2, 0.25) is 0 Å². The van der Waals surface area contributed by atoms with Gasteiger partial charge in [-0.15, -0.1) is 0 Å². The molecule has 0 spiro atoms. The lowest BCUT2D eigenvalue weighted by Crippen LogP contribution is -2.49. The Morgan fingerprint density at radius 1 is 1.13 bits per heavy atom. The van der Waals surface area contributed by atoms with Crippen LogP contribution in [0.25, 0.3) is 0 Å². The normalized spacial score (nSPS) is 61.1. The predicted molar refractivity (Wildman–Crippen MR) is 85.9 cm³/mol. The fraction of sp³-hybridized carbons (Fsp3) is 0.810. The maximum absolute atomic E-state index is 11.9. The standard InChI is InChI=1S/C21H25NO/c1-21-5-4-12-11-3-2-10(23)6-13(11)14-7-16(14)19(12)20(21)17-8-15(17)18(21)9-22/h6,11-12,14-20H,2-5,7-8H2,1H3/t11-,12-,14+,15+,16+,17-,18+,19+,20+,21-/m1/s1. The Morgan fingerprint density at radius 2 is 2.00 bits per heavy atom. The number of ketones is 1. The number of nitriles is 1. The summed E-state index contributed by atoms with van der Waals surface area (Å²) in [7, 11) is 0. The molecule has 6 rings (SSSR count). The summed E-state index contributed by atoms with van der Waals surface area (Å²) in [5.74, 6) is 7.16. The molecule has 23 heavy (non-hydrogen) atoms. The van der Waals surface area contributed by atoms with E-state index in [-0.39, 0.29) is 0 Å². The predicted octanol–water partition coefficient (Wildman–Crippen LogP) is 3.98. The zero-order chi connectivity index (χ0) is 15.5. The molecule has 6 aliphatic rings. The van der Waals surface area contributed by atoms with Gasteiger partial charge in [0.15, 0.2) is 5.78 Å². The molecule has 0 N–H and O–H groups in total. The van der Waals surface area contributed by atoms with E-state index in [0.29, 0.717) is 23.0 Å². The first-order valence-electron chi connectivity index (χ1n) is 9.77. The molecule has 6 aliphatic carbocycles. The summed E-state index contributed by atoms with van der Waals surface area (Å²) in [4.78, 5) is 11.9. The number of carbonyl (C=O) groups is 1. The number of hydrogen-bond acceptors (Lipinski definition) is 2. The van der Waals surface area contributed by atoms with Crippen LogP contribution in [0.15, 0.2) is 11.6 Å². The van der Waals surface area contributed by atoms with Crippen molar-refractivity contribution in [3.05, 3.63) is 11.6 Å². The number of carbonyl (C=O) groups excluding carboxylic acids is 1. The molecule has 120 valence electrons. The Labute approximate surface area is 138 Å². The van der Waals surface area contributed by atoms with Crippen molar-refractivity contribution in [1.82, 2.24) is 0 Å². The van der Waals surface area contributed by atoms with Gasteiger partial charge in [0.1, 0.15) is 0 Å². The largest absolute Gasteiger partial charge is 0.295 e. The second-order valence-corrected chi connectivity index (χ2v) is 9.74. The molecular weight excluding hydrogens is 282 g/mol. The van der Waals surface area contributed by atoms with Crippen molar-refractivity contribution in [2.75, 3.05) is 0 Å². The van der Waals surface area contributed by atoms with E-state index >= 15 is 0 Å². The molecule has 5 fully saturated rings. The summed E-state index contributed by atoms with van der Waals surface area (Å²) in [6.07, 6.45) is 9.21. The molecule has 0 saturated heterocycles. The van der Waals surface area contributed by atoms with Gasteiger partial charge >= 0.3 is 0 Å². The molecule has 0 aliphatic heterocycles. The first kappa shape index (κ1) is 13.2. The van der Waals surface area contributed by atoms with Crippen LogP contribution in [-0.4, -0.2) is 5.78 Å². The van der Waals surface area contributed by atoms with E-state index < -0.39 is 0 Å². The third-order valence-corrected chi connectivity index (χ3v) is 9.05. The van der Waals surface area contributed by atoms with Gasteiger partial charge in [-0.05, 0) is 90.9 Å². The van der Waals surface area contributed by atoms with E-state index in [9.17, 15) is 10.1 Å². The second kappa shape index (κ2) is 3.93. The van der Waals surface area contributed by atoms with Gasteiger partial charge in [-0.25, -0.2) is 0 Å². The lowest BCUT2D eigenvalue weighted by Gasteiger charge is -2.54. The van der Waals surface area contributed by atoms with Crippen LogP contribution in [0.5, 0.6) is 0 Å². The summed E-state index contributed by atoms with van der Waals surface area (Å²) < 4.78 is 0. The van der Waals surface area contributed by atoms with Crippen LogP contribution < -0.4 is 0 Å². The van der Waals surface area contributed by atoms with Gasteiger partial charge < -0.3 is 0 Å². The molecule has 0 heterocycles. The summed E-state index contributed by atoms with van der Waals surface area (Å²) >= 11 is 0. The Hall–Kier alpha value is -1.10. The van der Waals surface area contributed by atoms with E-state index in [1.165, 1.54) is 25.7 Å². The van der Waals surface area contributed by atoms with Crippen molar-refractivity contribution in [1.29, 1.82) is 5.26 Å². The molecular formula is C21H25NO. The Kier molecular flexibility index (Phi) is 2.26. The van der Waals surface area contributed by atoms with Crippen LogP contribution in [0.3, 0.4) is 0 Å². The highest BCUT2D eigenvalue weighted by atomic mass is 16.1. The maximum atomic E-state index is 11.9. The molecule has 0 aromatic carbocycles. The average Bonchev–Trinajstić information content (AvgIpc) is 3.42. The SMILES string of the molecule is C[C@]12CC[C@H]3[C@@H]([C@H]4C[C@H]4C4=CC(=O)CC[C@@H]43)[C@@H]1[C@@H]1C[C@@H]1[C@@H]2C#N. The minimum absolute atomic E-state index is 0.308. The van der Waals surface area contributed by atoms with Crippen LogP contribution in [0.4, 0.5) is 0 Å². The smallest absolute Gasteiger partial charge is 0.155 e. The quantitative estimate of drug-likeness (QED) is 0.679. The minimum Gasteiger partial charge on any atom is -0.295 e. The molecule has 5 saturated carbocycles. The average molecular weight is 307 g/mol. The molecule has 0 aromatic heterocycles. The summed E-state index contributed by atoms with van der Waals surface area (Å²) in [6, 6.07) is 2.73. The Morgan fingerprint density at radius 3 is 2.83 bits per heavy atom. The third-order valence-electron chi connectivity index (χ3n) is 9.05. The second-order valence-electron chi connectivity index (χ2n) is 9.74. The van der Waals surface area contributed by atoms with E-state index in [1.807, 2.05) is 0 Å². The topological polar surface area (TPSA) is 40.9 Å². The first-order valence-corrected chi connectivity index (χ1v) is 9.77. The number of nitrogens with zero attached hydrogens (tertiary/aromatic N) is 1. The van der Waals surface area contributed by atoms with Crippen molar-refractivity contribution in [3.63, 3.8) is 0 Å². The highest BCUT2D eigenvalue weighted by Gasteiger charge is 2.72. The zero-order valence-electron chi connectivity index (χ0n) is 13.9. The van der Waals surface area contributed by atoms with Crippen LogP contribution in [-0.2, 0) is 4.79 Å². The molecule has 2 heteroatoms. The maximum Gasteiger partial charge on any atom is 0.155 e. The highest BCUT2D eigenvalue weighted by molar-refractivity contribution is 5.91. The van der Waals surface area contributed by atoms with Gasteiger partial charge in [0, 0.05) is 6.42 Å². The van der Waals surface area contributed by atoms with E-state index in [0.717, 1.165) is 54.3 Å².